The molecule has 8 heteroatoms. The Bertz CT molecular complexity index is 632. The number of amides is 1. The maximum absolute atomic E-state index is 13.2. The van der Waals surface area contributed by atoms with Crippen molar-refractivity contribution in [1.29, 1.82) is 0 Å². The molecule has 1 aliphatic heterocycles. The Kier molecular flexibility index (Phi) is 6.28. The number of benzene rings is 1. The summed E-state index contributed by atoms with van der Waals surface area (Å²) >= 11 is 0. The first-order chi connectivity index (χ1) is 12.2. The predicted molar refractivity (Wildman–Crippen MR) is 89.4 cm³/mol. The SMILES string of the molecule is CCN(CC)C(C(=O)N1C[C@@H](C(F)(F)F)[C@H](C(=O)O)C1)c1ccccc1. The Morgan fingerprint density at radius 1 is 1.19 bits per heavy atom. The van der Waals surface area contributed by atoms with Gasteiger partial charge < -0.3 is 10.0 Å². The first-order valence-corrected chi connectivity index (χ1v) is 8.57. The molecule has 2 rings (SSSR count). The minimum Gasteiger partial charge on any atom is -0.481 e. The van der Waals surface area contributed by atoms with E-state index in [1.54, 1.807) is 30.3 Å². The molecule has 144 valence electrons. The summed E-state index contributed by atoms with van der Waals surface area (Å²) in [7, 11) is 0. The number of carbonyl (C=O) groups is 2. The Labute approximate surface area is 150 Å². The molecule has 1 aliphatic rings. The molecule has 1 aromatic carbocycles. The monoisotopic (exact) mass is 372 g/mol. The van der Waals surface area contributed by atoms with Gasteiger partial charge >= 0.3 is 12.1 Å². The van der Waals surface area contributed by atoms with Gasteiger partial charge in [0.25, 0.3) is 0 Å². The molecule has 0 spiro atoms. The number of carbonyl (C=O) groups excluding carboxylic acids is 1. The molecule has 0 saturated carbocycles. The highest BCUT2D eigenvalue weighted by Crippen LogP contribution is 2.39. The molecular weight excluding hydrogens is 349 g/mol. The summed E-state index contributed by atoms with van der Waals surface area (Å²) in [5, 5.41) is 9.16. The van der Waals surface area contributed by atoms with E-state index in [0.717, 1.165) is 4.90 Å². The van der Waals surface area contributed by atoms with Gasteiger partial charge in [0, 0.05) is 13.1 Å². The number of alkyl halides is 3. The van der Waals surface area contributed by atoms with Crippen LogP contribution < -0.4 is 0 Å². The Hall–Kier alpha value is -2.09. The molecule has 1 unspecified atom stereocenters. The van der Waals surface area contributed by atoms with Crippen molar-refractivity contribution in [3.63, 3.8) is 0 Å². The van der Waals surface area contributed by atoms with E-state index in [-0.39, 0.29) is 0 Å². The van der Waals surface area contributed by atoms with Gasteiger partial charge in [0.2, 0.25) is 5.91 Å². The lowest BCUT2D eigenvalue weighted by Gasteiger charge is -2.32. The minimum absolute atomic E-state index is 0.428. The molecule has 1 N–H and O–H groups in total. The summed E-state index contributed by atoms with van der Waals surface area (Å²) in [6.07, 6.45) is -4.66. The Morgan fingerprint density at radius 2 is 1.77 bits per heavy atom. The van der Waals surface area contributed by atoms with E-state index in [2.05, 4.69) is 0 Å². The molecule has 3 atom stereocenters. The highest BCUT2D eigenvalue weighted by atomic mass is 19.4. The molecular formula is C18H23F3N2O3. The molecule has 1 fully saturated rings. The second kappa shape index (κ2) is 8.07. The number of carboxylic acids is 1. The fourth-order valence-electron chi connectivity index (χ4n) is 3.47. The van der Waals surface area contributed by atoms with Crippen LogP contribution in [0.15, 0.2) is 30.3 Å². The van der Waals surface area contributed by atoms with Gasteiger partial charge in [0.15, 0.2) is 0 Å². The zero-order valence-corrected chi connectivity index (χ0v) is 14.7. The minimum atomic E-state index is -4.66. The summed E-state index contributed by atoms with van der Waals surface area (Å²) in [5.74, 6) is -5.69. The van der Waals surface area contributed by atoms with Crippen molar-refractivity contribution in [1.82, 2.24) is 9.80 Å². The molecule has 1 heterocycles. The molecule has 1 aromatic rings. The van der Waals surface area contributed by atoms with Crippen LogP contribution in [-0.2, 0) is 9.59 Å². The van der Waals surface area contributed by atoms with Crippen molar-refractivity contribution in [2.75, 3.05) is 26.2 Å². The van der Waals surface area contributed by atoms with E-state index in [4.69, 9.17) is 5.11 Å². The third-order valence-corrected chi connectivity index (χ3v) is 4.90. The van der Waals surface area contributed by atoms with Crippen LogP contribution in [-0.4, -0.2) is 59.1 Å². The maximum atomic E-state index is 13.2. The van der Waals surface area contributed by atoms with E-state index in [1.807, 2.05) is 18.7 Å². The average molecular weight is 372 g/mol. The third-order valence-electron chi connectivity index (χ3n) is 4.90. The standard InChI is InChI=1S/C18H23F3N2O3/c1-3-22(4-2)15(12-8-6-5-7-9-12)16(24)23-10-13(17(25)26)14(11-23)18(19,20)21/h5-9,13-15H,3-4,10-11H2,1-2H3,(H,25,26)/t13-,14-,15?/m1/s1. The quantitative estimate of drug-likeness (QED) is 0.834. The largest absolute Gasteiger partial charge is 0.481 e. The Balaban J connectivity index is 2.33. The van der Waals surface area contributed by atoms with Gasteiger partial charge in [-0.1, -0.05) is 44.2 Å². The van der Waals surface area contributed by atoms with Crippen molar-refractivity contribution in [2.24, 2.45) is 11.8 Å². The second-order valence-corrected chi connectivity index (χ2v) is 6.37. The van der Waals surface area contributed by atoms with Gasteiger partial charge in [-0.3, -0.25) is 14.5 Å². The van der Waals surface area contributed by atoms with Crippen LogP contribution in [0.4, 0.5) is 13.2 Å². The van der Waals surface area contributed by atoms with Crippen LogP contribution in [0, 0.1) is 11.8 Å². The number of rotatable bonds is 6. The van der Waals surface area contributed by atoms with Gasteiger partial charge in [-0.05, 0) is 18.7 Å². The highest BCUT2D eigenvalue weighted by molar-refractivity contribution is 5.84. The summed E-state index contributed by atoms with van der Waals surface area (Å²) in [6, 6.07) is 8.11. The van der Waals surface area contributed by atoms with Gasteiger partial charge in [-0.25, -0.2) is 0 Å². The Morgan fingerprint density at radius 3 is 2.19 bits per heavy atom. The average Bonchev–Trinajstić information content (AvgIpc) is 3.06. The van der Waals surface area contributed by atoms with Crippen molar-refractivity contribution < 1.29 is 27.9 Å². The van der Waals surface area contributed by atoms with E-state index < -0.39 is 49.0 Å². The maximum Gasteiger partial charge on any atom is 0.394 e. The number of hydrogen-bond donors (Lipinski definition) is 1. The van der Waals surface area contributed by atoms with E-state index in [0.29, 0.717) is 18.7 Å². The zero-order valence-electron chi connectivity index (χ0n) is 14.7. The van der Waals surface area contributed by atoms with E-state index in [1.165, 1.54) is 0 Å². The number of carboxylic acid groups (broad SMARTS) is 1. The van der Waals surface area contributed by atoms with Crippen molar-refractivity contribution >= 4 is 11.9 Å². The van der Waals surface area contributed by atoms with Crippen LogP contribution in [0.5, 0.6) is 0 Å². The number of nitrogens with zero attached hydrogens (tertiary/aromatic N) is 2. The third kappa shape index (κ3) is 4.17. The molecule has 1 amide bonds. The van der Waals surface area contributed by atoms with Gasteiger partial charge in [-0.2, -0.15) is 13.2 Å². The molecule has 5 nitrogen and oxygen atoms in total. The smallest absolute Gasteiger partial charge is 0.394 e. The van der Waals surface area contributed by atoms with Crippen LogP contribution in [0.3, 0.4) is 0 Å². The van der Waals surface area contributed by atoms with Gasteiger partial charge in [0.05, 0.1) is 11.8 Å². The van der Waals surface area contributed by atoms with Crippen molar-refractivity contribution in [3.05, 3.63) is 35.9 Å². The van der Waals surface area contributed by atoms with Crippen LogP contribution in [0.1, 0.15) is 25.5 Å². The highest BCUT2D eigenvalue weighted by Gasteiger charge is 2.54. The summed E-state index contributed by atoms with van der Waals surface area (Å²) < 4.78 is 39.6. The second-order valence-electron chi connectivity index (χ2n) is 6.37. The number of aliphatic carboxylic acids is 1. The number of likely N-dealkylation sites (tertiary alicyclic amines) is 1. The molecule has 0 radical (unpaired) electrons. The fourth-order valence-corrected chi connectivity index (χ4v) is 3.47. The molecule has 0 aromatic heterocycles. The molecule has 1 saturated heterocycles. The van der Waals surface area contributed by atoms with Crippen LogP contribution >= 0.6 is 0 Å². The van der Waals surface area contributed by atoms with Crippen LogP contribution in [0.2, 0.25) is 0 Å². The fraction of sp³-hybridized carbons (Fsp3) is 0.556. The summed E-state index contributed by atoms with van der Waals surface area (Å²) in [4.78, 5) is 27.2. The van der Waals surface area contributed by atoms with E-state index >= 15 is 0 Å². The zero-order chi connectivity index (χ0) is 19.5. The first kappa shape index (κ1) is 20.2. The molecule has 0 bridgehead atoms. The summed E-state index contributed by atoms with van der Waals surface area (Å²) in [6.45, 7) is 3.78. The lowest BCUT2D eigenvalue weighted by atomic mass is 9.96. The van der Waals surface area contributed by atoms with Gasteiger partial charge in [0.1, 0.15) is 6.04 Å². The number of hydrogen-bond acceptors (Lipinski definition) is 3. The number of likely N-dealkylation sites (N-methyl/N-ethyl adjacent to an activating group) is 1. The first-order valence-electron chi connectivity index (χ1n) is 8.57. The van der Waals surface area contributed by atoms with Gasteiger partial charge in [-0.15, -0.1) is 0 Å². The van der Waals surface area contributed by atoms with Crippen LogP contribution in [0.25, 0.3) is 0 Å². The normalized spacial score (nSPS) is 21.8. The van der Waals surface area contributed by atoms with Crippen molar-refractivity contribution in [3.8, 4) is 0 Å². The lowest BCUT2D eigenvalue weighted by molar-refractivity contribution is -0.188. The molecule has 0 aliphatic carbocycles. The lowest BCUT2D eigenvalue weighted by Crippen LogP contribution is -2.42. The topological polar surface area (TPSA) is 60.9 Å². The number of halogens is 3. The molecule has 26 heavy (non-hydrogen) atoms. The van der Waals surface area contributed by atoms with E-state index in [9.17, 15) is 22.8 Å². The van der Waals surface area contributed by atoms with Crippen molar-refractivity contribution in [2.45, 2.75) is 26.1 Å². The predicted octanol–water partition coefficient (Wildman–Crippen LogP) is 2.79. The summed E-state index contributed by atoms with van der Waals surface area (Å²) in [5.41, 5.74) is 0.684.